The summed E-state index contributed by atoms with van der Waals surface area (Å²) in [5, 5.41) is 2.96. The Morgan fingerprint density at radius 3 is 2.75 bits per heavy atom. The third-order valence-electron chi connectivity index (χ3n) is 5.21. The second kappa shape index (κ2) is 7.30. The zero-order valence-electron chi connectivity index (χ0n) is 13.8. The van der Waals surface area contributed by atoms with Crippen LogP contribution in [-0.2, 0) is 9.59 Å². The van der Waals surface area contributed by atoms with Crippen LogP contribution < -0.4 is 16.2 Å². The van der Waals surface area contributed by atoms with Crippen LogP contribution in [-0.4, -0.2) is 17.9 Å². The van der Waals surface area contributed by atoms with Gasteiger partial charge in [-0.1, -0.05) is 25.0 Å². The van der Waals surface area contributed by atoms with Gasteiger partial charge in [0.2, 0.25) is 11.8 Å². The summed E-state index contributed by atoms with van der Waals surface area (Å²) in [7, 11) is 0. The molecule has 1 saturated heterocycles. The Hall–Kier alpha value is -1.95. The lowest BCUT2D eigenvalue weighted by atomic mass is 9.73. The molecular formula is C18H24FN3O2. The maximum atomic E-state index is 13.0. The van der Waals surface area contributed by atoms with Gasteiger partial charge >= 0.3 is 0 Å². The molecule has 0 aromatic heterocycles. The molecule has 4 unspecified atom stereocenters. The maximum Gasteiger partial charge on any atom is 0.237 e. The highest BCUT2D eigenvalue weighted by atomic mass is 19.1. The lowest BCUT2D eigenvalue weighted by Gasteiger charge is -2.41. The summed E-state index contributed by atoms with van der Waals surface area (Å²) in [5.74, 6) is -0.0599. The first kappa shape index (κ1) is 16.9. The fourth-order valence-corrected chi connectivity index (χ4v) is 3.87. The number of carbonyl (C=O) groups is 2. The molecule has 0 bridgehead atoms. The highest BCUT2D eigenvalue weighted by molar-refractivity contribution is 5.81. The van der Waals surface area contributed by atoms with Gasteiger partial charge in [0, 0.05) is 18.4 Å². The molecule has 2 fully saturated rings. The molecule has 1 aromatic carbocycles. The van der Waals surface area contributed by atoms with E-state index >= 15 is 0 Å². The van der Waals surface area contributed by atoms with Crippen LogP contribution in [0.5, 0.6) is 0 Å². The fraction of sp³-hybridized carbons (Fsp3) is 0.556. The molecule has 1 aliphatic carbocycles. The number of halogens is 1. The van der Waals surface area contributed by atoms with Crippen molar-refractivity contribution in [3.8, 4) is 0 Å². The summed E-state index contributed by atoms with van der Waals surface area (Å²) in [6.07, 6.45) is 4.40. The molecule has 1 saturated carbocycles. The molecule has 5 nitrogen and oxygen atoms in total. The molecule has 3 N–H and O–H groups in total. The second-order valence-corrected chi connectivity index (χ2v) is 6.84. The van der Waals surface area contributed by atoms with Gasteiger partial charge in [-0.05, 0) is 43.4 Å². The van der Waals surface area contributed by atoms with E-state index in [0.29, 0.717) is 6.42 Å². The Bertz CT molecular complexity index is 605. The Labute approximate surface area is 141 Å². The van der Waals surface area contributed by atoms with Crippen LogP contribution in [0.25, 0.3) is 0 Å². The van der Waals surface area contributed by atoms with Crippen LogP contribution in [0, 0.1) is 17.7 Å². The smallest absolute Gasteiger partial charge is 0.237 e. The Morgan fingerprint density at radius 1 is 1.29 bits per heavy atom. The molecule has 6 heteroatoms. The van der Waals surface area contributed by atoms with Crippen LogP contribution in [0.1, 0.15) is 50.6 Å². The molecular weight excluding hydrogens is 309 g/mol. The van der Waals surface area contributed by atoms with Crippen molar-refractivity contribution in [2.45, 2.75) is 51.1 Å². The maximum absolute atomic E-state index is 13.0. The van der Waals surface area contributed by atoms with Crippen LogP contribution in [0.4, 0.5) is 4.39 Å². The lowest BCUT2D eigenvalue weighted by molar-refractivity contribution is -0.135. The number of fused-ring (bicyclic) bond motifs is 1. The van der Waals surface area contributed by atoms with E-state index in [-0.39, 0.29) is 41.6 Å². The first-order valence-corrected chi connectivity index (χ1v) is 8.65. The van der Waals surface area contributed by atoms with Gasteiger partial charge in [0.05, 0.1) is 6.04 Å². The average molecular weight is 333 g/mol. The van der Waals surface area contributed by atoms with Crippen LogP contribution in [0.3, 0.4) is 0 Å². The highest BCUT2D eigenvalue weighted by Crippen LogP contribution is 2.35. The van der Waals surface area contributed by atoms with Crippen LogP contribution >= 0.6 is 0 Å². The largest absolute Gasteiger partial charge is 0.350 e. The molecule has 4 atom stereocenters. The SMILES string of the molecule is CC(NC(=O)CC1NNC(=O)C2CCCCC12)c1ccc(F)cc1. The third kappa shape index (κ3) is 3.75. The summed E-state index contributed by atoms with van der Waals surface area (Å²) in [5.41, 5.74) is 6.59. The van der Waals surface area contributed by atoms with Crippen LogP contribution in [0.2, 0.25) is 0 Å². The summed E-state index contributed by atoms with van der Waals surface area (Å²) in [6, 6.07) is 5.92. The minimum absolute atomic E-state index is 0.0207. The molecule has 0 radical (unpaired) electrons. The number of amides is 2. The molecule has 130 valence electrons. The van der Waals surface area contributed by atoms with Crippen molar-refractivity contribution in [2.24, 2.45) is 11.8 Å². The molecule has 2 aliphatic rings. The number of benzene rings is 1. The van der Waals surface area contributed by atoms with E-state index in [1.165, 1.54) is 12.1 Å². The number of nitrogens with one attached hydrogen (secondary N) is 3. The van der Waals surface area contributed by atoms with Crippen molar-refractivity contribution >= 4 is 11.8 Å². The van der Waals surface area contributed by atoms with Crippen molar-refractivity contribution in [1.29, 1.82) is 0 Å². The first-order chi connectivity index (χ1) is 11.5. The van der Waals surface area contributed by atoms with Crippen molar-refractivity contribution in [2.75, 3.05) is 0 Å². The van der Waals surface area contributed by atoms with Crippen molar-refractivity contribution in [3.63, 3.8) is 0 Å². The van der Waals surface area contributed by atoms with Gasteiger partial charge in [0.1, 0.15) is 5.82 Å². The summed E-state index contributed by atoms with van der Waals surface area (Å²) in [6.45, 7) is 1.88. The minimum atomic E-state index is -0.289. The first-order valence-electron chi connectivity index (χ1n) is 8.65. The van der Waals surface area contributed by atoms with Gasteiger partial charge in [-0.2, -0.15) is 0 Å². The monoisotopic (exact) mass is 333 g/mol. The Morgan fingerprint density at radius 2 is 2.00 bits per heavy atom. The summed E-state index contributed by atoms with van der Waals surface area (Å²) < 4.78 is 13.0. The lowest BCUT2D eigenvalue weighted by Crippen LogP contribution is -2.60. The van der Waals surface area contributed by atoms with E-state index in [1.807, 2.05) is 6.92 Å². The fourth-order valence-electron chi connectivity index (χ4n) is 3.87. The average Bonchev–Trinajstić information content (AvgIpc) is 2.58. The van der Waals surface area contributed by atoms with E-state index in [2.05, 4.69) is 16.2 Å². The van der Waals surface area contributed by atoms with Gasteiger partial charge in [0.15, 0.2) is 0 Å². The van der Waals surface area contributed by atoms with Gasteiger partial charge in [-0.25, -0.2) is 9.82 Å². The molecule has 24 heavy (non-hydrogen) atoms. The minimum Gasteiger partial charge on any atom is -0.350 e. The van der Waals surface area contributed by atoms with Gasteiger partial charge in [-0.15, -0.1) is 0 Å². The van der Waals surface area contributed by atoms with E-state index in [4.69, 9.17) is 0 Å². The topological polar surface area (TPSA) is 70.2 Å². The van der Waals surface area contributed by atoms with E-state index in [0.717, 1.165) is 31.2 Å². The van der Waals surface area contributed by atoms with Crippen LogP contribution in [0.15, 0.2) is 24.3 Å². The quantitative estimate of drug-likeness (QED) is 0.791. The zero-order chi connectivity index (χ0) is 17.1. The third-order valence-corrected chi connectivity index (χ3v) is 5.21. The number of rotatable bonds is 4. The normalized spacial score (nSPS) is 27.8. The number of carbonyl (C=O) groups excluding carboxylic acids is 2. The molecule has 1 aromatic rings. The van der Waals surface area contributed by atoms with E-state index in [1.54, 1.807) is 12.1 Å². The molecule has 3 rings (SSSR count). The van der Waals surface area contributed by atoms with Crippen molar-refractivity contribution in [3.05, 3.63) is 35.6 Å². The summed E-state index contributed by atoms with van der Waals surface area (Å²) in [4.78, 5) is 24.3. The standard InChI is InChI=1S/C18H24FN3O2/c1-11(12-6-8-13(19)9-7-12)20-17(23)10-16-14-4-2-3-5-15(14)18(24)22-21-16/h6-9,11,14-16,21H,2-5,10H2,1H3,(H,20,23)(H,22,24). The zero-order valence-corrected chi connectivity index (χ0v) is 13.8. The Balaban J connectivity index is 1.57. The number of hydrogen-bond donors (Lipinski definition) is 3. The van der Waals surface area contributed by atoms with Crippen molar-refractivity contribution in [1.82, 2.24) is 16.2 Å². The molecule has 0 spiro atoms. The highest BCUT2D eigenvalue weighted by Gasteiger charge is 2.40. The molecule has 1 aliphatic heterocycles. The second-order valence-electron chi connectivity index (χ2n) is 6.84. The number of hydrazine groups is 1. The Kier molecular flexibility index (Phi) is 5.14. The van der Waals surface area contributed by atoms with Crippen molar-refractivity contribution < 1.29 is 14.0 Å². The predicted molar refractivity (Wildman–Crippen MR) is 88.1 cm³/mol. The van der Waals surface area contributed by atoms with Gasteiger partial charge < -0.3 is 5.32 Å². The molecule has 2 amide bonds. The molecule has 1 heterocycles. The van der Waals surface area contributed by atoms with E-state index < -0.39 is 0 Å². The van der Waals surface area contributed by atoms with Gasteiger partial charge in [0.25, 0.3) is 0 Å². The van der Waals surface area contributed by atoms with E-state index in [9.17, 15) is 14.0 Å². The number of hydrogen-bond acceptors (Lipinski definition) is 3. The van der Waals surface area contributed by atoms with Gasteiger partial charge in [-0.3, -0.25) is 15.0 Å². The predicted octanol–water partition coefficient (Wildman–Crippen LogP) is 2.20. The summed E-state index contributed by atoms with van der Waals surface area (Å²) >= 11 is 0.